The lowest BCUT2D eigenvalue weighted by Crippen LogP contribution is -2.22. The van der Waals surface area contributed by atoms with Gasteiger partial charge >= 0.3 is 0 Å². The number of anilines is 1. The van der Waals surface area contributed by atoms with E-state index in [1.165, 1.54) is 7.11 Å². The third kappa shape index (κ3) is 9.34. The third-order valence-corrected chi connectivity index (χ3v) is 6.01. The van der Waals surface area contributed by atoms with Gasteiger partial charge < -0.3 is 36.1 Å². The molecule has 202 valence electrons. The van der Waals surface area contributed by atoms with Crippen LogP contribution in [0.5, 0.6) is 23.0 Å². The maximum Gasteiger partial charge on any atom is 0.192 e. The zero-order valence-electron chi connectivity index (χ0n) is 22.4. The molecule has 0 spiro atoms. The number of nitrogens with one attached hydrogen (secondary N) is 2. The van der Waals surface area contributed by atoms with Crippen molar-refractivity contribution in [2.45, 2.75) is 33.1 Å². The van der Waals surface area contributed by atoms with Crippen molar-refractivity contribution in [2.24, 2.45) is 22.6 Å². The molecule has 9 nitrogen and oxygen atoms in total. The summed E-state index contributed by atoms with van der Waals surface area (Å²) in [6.07, 6.45) is 5.13. The van der Waals surface area contributed by atoms with Crippen LogP contribution in [0.1, 0.15) is 31.4 Å². The van der Waals surface area contributed by atoms with E-state index in [1.807, 2.05) is 25.3 Å². The van der Waals surface area contributed by atoms with Gasteiger partial charge in [0.05, 0.1) is 12.8 Å². The topological polar surface area (TPSA) is 138 Å². The fourth-order valence-corrected chi connectivity index (χ4v) is 3.70. The number of hydrogen-bond acceptors (Lipinski definition) is 7. The van der Waals surface area contributed by atoms with Gasteiger partial charge in [0.2, 0.25) is 0 Å². The largest absolute Gasteiger partial charge is 0.504 e. The first-order valence-corrected chi connectivity index (χ1v) is 12.4. The molecule has 0 aliphatic heterocycles. The van der Waals surface area contributed by atoms with Gasteiger partial charge in [0.1, 0.15) is 6.61 Å². The number of benzene rings is 2. The zero-order chi connectivity index (χ0) is 27.4. The molecule has 0 radical (unpaired) electrons. The van der Waals surface area contributed by atoms with Crippen LogP contribution in [0, 0.1) is 11.8 Å². The number of allylic oxidation sites excluding steroid dienone is 2. The number of carbonyl (C=O) groups is 1. The van der Waals surface area contributed by atoms with E-state index in [1.54, 1.807) is 31.3 Å². The Morgan fingerprint density at radius 2 is 1.89 bits per heavy atom. The number of rotatable bonds is 14. The number of aliphatic imine (C=N–C) groups is 1. The van der Waals surface area contributed by atoms with E-state index in [-0.39, 0.29) is 35.1 Å². The molecule has 9 heteroatoms. The van der Waals surface area contributed by atoms with Gasteiger partial charge in [-0.05, 0) is 73.2 Å². The number of ketones is 1. The first kappa shape index (κ1) is 29.5. The van der Waals surface area contributed by atoms with Crippen LogP contribution in [0.4, 0.5) is 5.69 Å². The average molecular weight is 513 g/mol. The molecule has 0 saturated carbocycles. The summed E-state index contributed by atoms with van der Waals surface area (Å²) in [4.78, 5) is 16.5. The van der Waals surface area contributed by atoms with Crippen LogP contribution in [0.15, 0.2) is 47.5 Å². The second-order valence-electron chi connectivity index (χ2n) is 9.12. The number of nitrogens with two attached hydrogens (primary N) is 1. The molecule has 0 unspecified atom stereocenters. The minimum atomic E-state index is -0.0378. The van der Waals surface area contributed by atoms with Crippen molar-refractivity contribution in [1.29, 1.82) is 0 Å². The van der Waals surface area contributed by atoms with Crippen LogP contribution in [0.25, 0.3) is 0 Å². The van der Waals surface area contributed by atoms with Crippen molar-refractivity contribution >= 4 is 17.4 Å². The predicted octanol–water partition coefficient (Wildman–Crippen LogP) is 3.63. The molecule has 2 rings (SSSR count). The number of phenolic OH excluding ortho intramolecular Hbond substituents is 2. The quantitative estimate of drug-likeness (QED) is 0.0850. The Kier molecular flexibility index (Phi) is 11.8. The Balaban J connectivity index is 2.15. The number of aromatic hydroxyl groups is 2. The summed E-state index contributed by atoms with van der Waals surface area (Å²) >= 11 is 0. The van der Waals surface area contributed by atoms with E-state index in [4.69, 9.17) is 15.2 Å². The molecule has 2 aromatic rings. The van der Waals surface area contributed by atoms with Crippen molar-refractivity contribution in [3.63, 3.8) is 0 Å². The summed E-state index contributed by atoms with van der Waals surface area (Å²) in [7, 11) is 4.88. The Bertz CT molecular complexity index is 1100. The van der Waals surface area contributed by atoms with Crippen molar-refractivity contribution in [3.8, 4) is 23.0 Å². The van der Waals surface area contributed by atoms with E-state index in [9.17, 15) is 15.0 Å². The molecule has 0 saturated heterocycles. The van der Waals surface area contributed by atoms with Crippen molar-refractivity contribution in [2.75, 3.05) is 39.7 Å². The Hall–Kier alpha value is -3.72. The number of nitrogens with zero attached hydrogens (tertiary/aromatic N) is 1. The maximum absolute atomic E-state index is 12.6. The van der Waals surface area contributed by atoms with E-state index in [0.717, 1.165) is 11.1 Å². The number of phenols is 2. The molecule has 1 atom stereocenters. The highest BCUT2D eigenvalue weighted by atomic mass is 16.5. The molecular weight excluding hydrogens is 472 g/mol. The second-order valence-corrected chi connectivity index (χ2v) is 9.12. The highest BCUT2D eigenvalue weighted by Gasteiger charge is 2.17. The lowest BCUT2D eigenvalue weighted by molar-refractivity contribution is -0.114. The molecular formula is C28H40N4O5. The van der Waals surface area contributed by atoms with Crippen molar-refractivity contribution in [1.82, 2.24) is 5.32 Å². The normalized spacial score (nSPS) is 12.6. The standard InChI is InChI=1S/C28H40N4O5/c1-18(2)21(8-10-22(33)9-6-19-7-11-24(34)25(16-19)36-5)14-20-15-23(32-28(29)31-4)27(35)26(17-20)37-13-12-30-3/h7-8,10-11,15-18,21,30,34-35H,6,9,12-14H2,1-5H3,(H3,29,31,32)/b10-8+/t21-/m0/s1. The van der Waals surface area contributed by atoms with Gasteiger partial charge in [0.15, 0.2) is 34.7 Å². The Labute approximate surface area is 219 Å². The fourth-order valence-electron chi connectivity index (χ4n) is 3.70. The molecule has 0 aliphatic carbocycles. The molecule has 2 aromatic carbocycles. The second kappa shape index (κ2) is 14.7. The van der Waals surface area contributed by atoms with E-state index in [0.29, 0.717) is 49.6 Å². The highest BCUT2D eigenvalue weighted by molar-refractivity contribution is 5.94. The first-order valence-electron chi connectivity index (χ1n) is 12.4. The SMILES string of the molecule is CN=C(N)Nc1cc(C[C@H](/C=C/C(=O)CCc2ccc(O)c(OC)c2)C(C)C)cc(OCCNC)c1O. The van der Waals surface area contributed by atoms with Gasteiger partial charge in [-0.2, -0.15) is 0 Å². The summed E-state index contributed by atoms with van der Waals surface area (Å²) in [5.41, 5.74) is 8.08. The number of hydrogen-bond donors (Lipinski definition) is 5. The number of aryl methyl sites for hydroxylation is 1. The van der Waals surface area contributed by atoms with Crippen LogP contribution in [0.3, 0.4) is 0 Å². The number of ether oxygens (including phenoxy) is 2. The smallest absolute Gasteiger partial charge is 0.192 e. The van der Waals surface area contributed by atoms with Crippen molar-refractivity contribution < 1.29 is 24.5 Å². The molecule has 0 amide bonds. The number of carbonyl (C=O) groups excluding carboxylic acids is 1. The minimum Gasteiger partial charge on any atom is -0.504 e. The third-order valence-electron chi connectivity index (χ3n) is 6.01. The zero-order valence-corrected chi connectivity index (χ0v) is 22.4. The van der Waals surface area contributed by atoms with Crippen LogP contribution in [-0.4, -0.2) is 56.3 Å². The van der Waals surface area contributed by atoms with E-state index < -0.39 is 0 Å². The van der Waals surface area contributed by atoms with Gasteiger partial charge in [-0.15, -0.1) is 0 Å². The molecule has 0 aromatic heterocycles. The van der Waals surface area contributed by atoms with Crippen LogP contribution in [-0.2, 0) is 17.6 Å². The van der Waals surface area contributed by atoms with Crippen LogP contribution in [0.2, 0.25) is 0 Å². The highest BCUT2D eigenvalue weighted by Crippen LogP contribution is 2.37. The average Bonchev–Trinajstić information content (AvgIpc) is 2.88. The Morgan fingerprint density at radius 3 is 2.54 bits per heavy atom. The molecule has 6 N–H and O–H groups in total. The first-order chi connectivity index (χ1) is 17.7. The van der Waals surface area contributed by atoms with Gasteiger partial charge in [-0.1, -0.05) is 26.0 Å². The Morgan fingerprint density at radius 1 is 1.16 bits per heavy atom. The van der Waals surface area contributed by atoms with Gasteiger partial charge in [0, 0.05) is 20.0 Å². The predicted molar refractivity (Wildman–Crippen MR) is 148 cm³/mol. The fraction of sp³-hybridized carbons (Fsp3) is 0.429. The molecule has 0 heterocycles. The lowest BCUT2D eigenvalue weighted by Gasteiger charge is -2.20. The summed E-state index contributed by atoms with van der Waals surface area (Å²) < 4.78 is 10.9. The molecule has 0 aliphatic rings. The number of methoxy groups -OCH3 is 1. The summed E-state index contributed by atoms with van der Waals surface area (Å²) in [6, 6.07) is 8.74. The van der Waals surface area contributed by atoms with E-state index >= 15 is 0 Å². The van der Waals surface area contributed by atoms with E-state index in [2.05, 4.69) is 29.5 Å². The lowest BCUT2D eigenvalue weighted by atomic mass is 9.88. The molecule has 0 bridgehead atoms. The summed E-state index contributed by atoms with van der Waals surface area (Å²) in [5, 5.41) is 26.3. The molecule has 0 fully saturated rings. The van der Waals surface area contributed by atoms with Crippen LogP contribution < -0.4 is 25.8 Å². The minimum absolute atomic E-state index is 0.0220. The molecule has 37 heavy (non-hydrogen) atoms. The monoisotopic (exact) mass is 512 g/mol. The van der Waals surface area contributed by atoms with Gasteiger partial charge in [-0.25, -0.2) is 0 Å². The number of guanidine groups is 1. The van der Waals surface area contributed by atoms with Gasteiger partial charge in [0.25, 0.3) is 0 Å². The summed E-state index contributed by atoms with van der Waals surface area (Å²) in [6.45, 7) is 5.22. The number of likely N-dealkylation sites (N-methyl/N-ethyl adjacent to an activating group) is 1. The van der Waals surface area contributed by atoms with Gasteiger partial charge in [-0.3, -0.25) is 9.79 Å². The maximum atomic E-state index is 12.6. The van der Waals surface area contributed by atoms with Crippen molar-refractivity contribution in [3.05, 3.63) is 53.6 Å². The van der Waals surface area contributed by atoms with Crippen LogP contribution >= 0.6 is 0 Å². The summed E-state index contributed by atoms with van der Waals surface area (Å²) in [5.74, 6) is 1.33.